The summed E-state index contributed by atoms with van der Waals surface area (Å²) in [6.07, 6.45) is 4.68. The molecule has 1 aliphatic carbocycles. The van der Waals surface area contributed by atoms with Crippen LogP contribution in [-0.4, -0.2) is 38.4 Å². The number of fused-ring (bicyclic) bond motifs is 1. The molecule has 2 aromatic rings. The second kappa shape index (κ2) is 9.44. The molecule has 0 spiro atoms. The summed E-state index contributed by atoms with van der Waals surface area (Å²) in [6.45, 7) is 17.9. The summed E-state index contributed by atoms with van der Waals surface area (Å²) >= 11 is 6.35. The Morgan fingerprint density at radius 2 is 1.83 bits per heavy atom. The van der Waals surface area contributed by atoms with Crippen LogP contribution in [0.4, 0.5) is 11.5 Å². The Bertz CT molecular complexity index is 1240. The van der Waals surface area contributed by atoms with Crippen molar-refractivity contribution in [3.05, 3.63) is 34.5 Å². The fraction of sp³-hybridized carbons (Fsp3) is 0.667. The molecule has 4 rings (SSSR count). The van der Waals surface area contributed by atoms with Gasteiger partial charge in [0.15, 0.2) is 18.2 Å². The molecule has 1 N–H and O–H groups in total. The van der Waals surface area contributed by atoms with Gasteiger partial charge < -0.3 is 9.74 Å². The number of benzene rings is 1. The molecule has 0 bridgehead atoms. The lowest BCUT2D eigenvalue weighted by atomic mass is 10.0. The molecule has 9 heteroatoms. The fourth-order valence-electron chi connectivity index (χ4n) is 5.09. The summed E-state index contributed by atoms with van der Waals surface area (Å²) in [5, 5.41) is 9.10. The van der Waals surface area contributed by atoms with Gasteiger partial charge in [0.1, 0.15) is 5.82 Å². The summed E-state index contributed by atoms with van der Waals surface area (Å²) < 4.78 is 34.3. The third kappa shape index (κ3) is 5.42. The Kier molecular flexibility index (Phi) is 7.25. The lowest BCUT2D eigenvalue weighted by molar-refractivity contribution is 0.186. The maximum atomic E-state index is 12.8. The standard InChI is InChI=1S/C27H42ClN3O3SSi/c1-26(2,3)31-24(29-22-14-13-21(28)25-20(22)10-9-15-35(25,32)33)17-23(30-31)18-11-12-19(16-18)34-36(7,8)27(4,5)6/h13-14,17-19,29H,9-12,15-16H2,1-8H3/t18-,19+/m0/s1. The van der Waals surface area contributed by atoms with E-state index >= 15 is 0 Å². The lowest BCUT2D eigenvalue weighted by Crippen LogP contribution is -2.43. The summed E-state index contributed by atoms with van der Waals surface area (Å²) in [4.78, 5) is 0.281. The van der Waals surface area contributed by atoms with Crippen LogP contribution in [-0.2, 0) is 26.2 Å². The van der Waals surface area contributed by atoms with Crippen LogP contribution in [0.5, 0.6) is 0 Å². The molecule has 0 radical (unpaired) electrons. The Labute approximate surface area is 223 Å². The molecule has 0 saturated heterocycles. The van der Waals surface area contributed by atoms with Crippen molar-refractivity contribution in [2.75, 3.05) is 11.1 Å². The second-order valence-electron chi connectivity index (χ2n) is 13.0. The zero-order chi connectivity index (χ0) is 26.7. The monoisotopic (exact) mass is 551 g/mol. The summed E-state index contributed by atoms with van der Waals surface area (Å²) in [5.41, 5.74) is 2.40. The fourth-order valence-corrected chi connectivity index (χ4v) is 8.70. The zero-order valence-electron chi connectivity index (χ0n) is 23.0. The minimum atomic E-state index is -3.37. The number of nitrogens with zero attached hydrogens (tertiary/aromatic N) is 2. The molecule has 1 aliphatic heterocycles. The smallest absolute Gasteiger partial charge is 0.192 e. The van der Waals surface area contributed by atoms with Gasteiger partial charge in [-0.05, 0) is 88.7 Å². The minimum Gasteiger partial charge on any atom is -0.414 e. The number of rotatable bonds is 5. The lowest BCUT2D eigenvalue weighted by Gasteiger charge is -2.38. The van der Waals surface area contributed by atoms with Crippen LogP contribution in [0.25, 0.3) is 0 Å². The molecule has 1 fully saturated rings. The van der Waals surface area contributed by atoms with E-state index in [0.717, 1.165) is 42.0 Å². The first kappa shape index (κ1) is 27.7. The van der Waals surface area contributed by atoms with Crippen molar-refractivity contribution in [2.24, 2.45) is 0 Å². The number of anilines is 2. The van der Waals surface area contributed by atoms with Crippen LogP contribution in [0.15, 0.2) is 23.1 Å². The highest BCUT2D eigenvalue weighted by Crippen LogP contribution is 2.44. The van der Waals surface area contributed by atoms with E-state index in [4.69, 9.17) is 21.1 Å². The Morgan fingerprint density at radius 3 is 2.47 bits per heavy atom. The van der Waals surface area contributed by atoms with E-state index in [1.54, 1.807) is 6.07 Å². The van der Waals surface area contributed by atoms with Gasteiger partial charge in [0, 0.05) is 23.8 Å². The first-order chi connectivity index (χ1) is 16.5. The predicted octanol–water partition coefficient (Wildman–Crippen LogP) is 7.41. The quantitative estimate of drug-likeness (QED) is 0.391. The third-order valence-electron chi connectivity index (χ3n) is 8.06. The molecule has 0 amide bonds. The Hall–Kier alpha value is -1.35. The van der Waals surface area contributed by atoms with E-state index in [1.807, 2.05) is 10.7 Å². The zero-order valence-corrected chi connectivity index (χ0v) is 25.6. The third-order valence-corrected chi connectivity index (χ3v) is 14.9. The summed E-state index contributed by atoms with van der Waals surface area (Å²) in [7, 11) is -5.19. The van der Waals surface area contributed by atoms with Gasteiger partial charge in [-0.25, -0.2) is 13.1 Å². The first-order valence-corrected chi connectivity index (χ1v) is 18.0. The van der Waals surface area contributed by atoms with E-state index in [2.05, 4.69) is 66.0 Å². The highest BCUT2D eigenvalue weighted by Gasteiger charge is 2.41. The van der Waals surface area contributed by atoms with E-state index in [0.29, 0.717) is 23.8 Å². The van der Waals surface area contributed by atoms with Gasteiger partial charge in [0.05, 0.1) is 26.9 Å². The number of aromatic nitrogens is 2. The summed E-state index contributed by atoms with van der Waals surface area (Å²) in [6, 6.07) is 5.72. The van der Waals surface area contributed by atoms with Crippen LogP contribution < -0.4 is 5.32 Å². The molecule has 2 heterocycles. The van der Waals surface area contributed by atoms with Crippen LogP contribution in [0.1, 0.15) is 84.4 Å². The van der Waals surface area contributed by atoms with Crippen LogP contribution in [0.2, 0.25) is 23.2 Å². The predicted molar refractivity (Wildman–Crippen MR) is 151 cm³/mol. The highest BCUT2D eigenvalue weighted by atomic mass is 35.5. The second-order valence-corrected chi connectivity index (χ2v) is 20.2. The first-order valence-electron chi connectivity index (χ1n) is 13.1. The number of nitrogens with one attached hydrogen (secondary N) is 1. The largest absolute Gasteiger partial charge is 0.414 e. The molecule has 1 saturated carbocycles. The number of sulfone groups is 1. The van der Waals surface area contributed by atoms with Gasteiger partial charge in [-0.2, -0.15) is 5.10 Å². The van der Waals surface area contributed by atoms with E-state index < -0.39 is 18.2 Å². The van der Waals surface area contributed by atoms with Crippen molar-refractivity contribution >= 4 is 41.3 Å². The van der Waals surface area contributed by atoms with Crippen LogP contribution >= 0.6 is 11.6 Å². The van der Waals surface area contributed by atoms with Crippen molar-refractivity contribution < 1.29 is 12.8 Å². The van der Waals surface area contributed by atoms with E-state index in [9.17, 15) is 8.42 Å². The highest BCUT2D eigenvalue weighted by molar-refractivity contribution is 7.91. The van der Waals surface area contributed by atoms with Gasteiger partial charge in [-0.15, -0.1) is 0 Å². The van der Waals surface area contributed by atoms with Gasteiger partial charge in [0.2, 0.25) is 0 Å². The van der Waals surface area contributed by atoms with Crippen molar-refractivity contribution in [3.63, 3.8) is 0 Å². The molecule has 1 aromatic heterocycles. The molecular weight excluding hydrogens is 510 g/mol. The van der Waals surface area contributed by atoms with Gasteiger partial charge >= 0.3 is 0 Å². The average Bonchev–Trinajstić information content (AvgIpc) is 3.35. The van der Waals surface area contributed by atoms with Gasteiger partial charge in [-0.1, -0.05) is 32.4 Å². The van der Waals surface area contributed by atoms with Crippen molar-refractivity contribution in [1.82, 2.24) is 9.78 Å². The SMILES string of the molecule is CC(C)(C)n1nc([C@H]2CC[C@@H](O[Si](C)(C)C(C)(C)C)C2)cc1Nc1ccc(Cl)c2c1CCCS2(=O)=O. The Balaban J connectivity index is 1.63. The average molecular weight is 552 g/mol. The molecule has 36 heavy (non-hydrogen) atoms. The minimum absolute atomic E-state index is 0.146. The van der Waals surface area contributed by atoms with Gasteiger partial charge in [0.25, 0.3) is 0 Å². The van der Waals surface area contributed by atoms with Crippen LogP contribution in [0, 0.1) is 0 Å². The molecule has 1 aromatic carbocycles. The molecule has 2 atom stereocenters. The number of hydrogen-bond donors (Lipinski definition) is 1. The topological polar surface area (TPSA) is 73.2 Å². The van der Waals surface area contributed by atoms with Crippen molar-refractivity contribution in [2.45, 2.75) is 114 Å². The molecule has 2 aliphatic rings. The van der Waals surface area contributed by atoms with E-state index in [-0.39, 0.29) is 27.3 Å². The molecule has 0 unspecified atom stereocenters. The van der Waals surface area contributed by atoms with Crippen LogP contribution in [0.3, 0.4) is 0 Å². The number of halogens is 1. The normalized spacial score (nSPS) is 22.5. The maximum Gasteiger partial charge on any atom is 0.192 e. The Morgan fingerprint density at radius 1 is 1.14 bits per heavy atom. The molecule has 200 valence electrons. The molecule has 6 nitrogen and oxygen atoms in total. The van der Waals surface area contributed by atoms with Gasteiger partial charge in [-0.3, -0.25) is 0 Å². The number of hydrogen-bond acceptors (Lipinski definition) is 5. The van der Waals surface area contributed by atoms with Crippen molar-refractivity contribution in [3.8, 4) is 0 Å². The van der Waals surface area contributed by atoms with E-state index in [1.165, 1.54) is 0 Å². The maximum absolute atomic E-state index is 12.8. The summed E-state index contributed by atoms with van der Waals surface area (Å²) in [5.74, 6) is 1.37. The van der Waals surface area contributed by atoms with Crippen molar-refractivity contribution in [1.29, 1.82) is 0 Å². The molecular formula is C27H42ClN3O3SSi.